The van der Waals surface area contributed by atoms with Gasteiger partial charge in [-0.3, -0.25) is 0 Å². The maximum Gasteiger partial charge on any atom is 0.0695 e. The third kappa shape index (κ3) is 2.16. The second-order valence-corrected chi connectivity index (χ2v) is 12.0. The Morgan fingerprint density at radius 1 is 0.750 bits per heavy atom. The molecule has 3 rings (SSSR count). The molecule has 2 aromatic rings. The Hall–Kier alpha value is -1.60. The molecule has 2 aromatic carbocycles. The van der Waals surface area contributed by atoms with Crippen LogP contribution in [0.1, 0.15) is 22.3 Å². The molecule has 0 unspecified atom stereocenters. The van der Waals surface area contributed by atoms with E-state index in [4.69, 9.17) is 0 Å². The van der Waals surface area contributed by atoms with Gasteiger partial charge in [-0.15, -0.1) is 0 Å². The highest BCUT2D eigenvalue weighted by Crippen LogP contribution is 2.45. The number of hydrogen-bond donors (Lipinski definition) is 0. The van der Waals surface area contributed by atoms with E-state index < -0.39 is 8.07 Å². The highest BCUT2D eigenvalue weighted by atomic mass is 28.3. The average molecular weight is 278 g/mol. The molecule has 102 valence electrons. The standard InChI is InChI=1S/C19H22Si/c1-13-10-17-15-8-6-7-9-16(15)19(12-20(3,4)5)18(17)11-14(13)2/h6-12H,1-5H3/b19-12+. The van der Waals surface area contributed by atoms with Crippen LogP contribution in [0.4, 0.5) is 0 Å². The zero-order valence-electron chi connectivity index (χ0n) is 13.0. The fourth-order valence-electron chi connectivity index (χ4n) is 2.95. The summed E-state index contributed by atoms with van der Waals surface area (Å²) in [5.41, 5.74) is 12.4. The Labute approximate surface area is 123 Å². The summed E-state index contributed by atoms with van der Waals surface area (Å²) in [6, 6.07) is 13.6. The summed E-state index contributed by atoms with van der Waals surface area (Å²) in [5, 5.41) is 0. The van der Waals surface area contributed by atoms with Crippen LogP contribution in [0.25, 0.3) is 16.7 Å². The van der Waals surface area contributed by atoms with Crippen LogP contribution in [0.3, 0.4) is 0 Å². The summed E-state index contributed by atoms with van der Waals surface area (Å²) in [7, 11) is -1.25. The highest BCUT2D eigenvalue weighted by molar-refractivity contribution is 6.82. The van der Waals surface area contributed by atoms with Crippen molar-refractivity contribution in [3.63, 3.8) is 0 Å². The van der Waals surface area contributed by atoms with Crippen molar-refractivity contribution < 1.29 is 0 Å². The number of benzene rings is 2. The summed E-state index contributed by atoms with van der Waals surface area (Å²) in [4.78, 5) is 0. The van der Waals surface area contributed by atoms with Gasteiger partial charge < -0.3 is 0 Å². The van der Waals surface area contributed by atoms with E-state index in [9.17, 15) is 0 Å². The van der Waals surface area contributed by atoms with Crippen molar-refractivity contribution in [2.75, 3.05) is 0 Å². The molecular formula is C19H22Si. The molecule has 0 spiro atoms. The molecular weight excluding hydrogens is 256 g/mol. The van der Waals surface area contributed by atoms with Crippen molar-refractivity contribution in [3.05, 3.63) is 64.4 Å². The van der Waals surface area contributed by atoms with Gasteiger partial charge in [-0.25, -0.2) is 0 Å². The van der Waals surface area contributed by atoms with Gasteiger partial charge in [0.15, 0.2) is 0 Å². The van der Waals surface area contributed by atoms with E-state index in [1.807, 2.05) is 0 Å². The summed E-state index contributed by atoms with van der Waals surface area (Å²) in [5.74, 6) is 0. The van der Waals surface area contributed by atoms with Crippen molar-refractivity contribution in [2.45, 2.75) is 33.5 Å². The molecule has 0 aliphatic heterocycles. The SMILES string of the molecule is Cc1cc2c(cc1C)-c1ccccc1/C2=C\[Si](C)(C)C. The molecule has 0 atom stereocenters. The first-order valence-electron chi connectivity index (χ1n) is 7.31. The zero-order valence-corrected chi connectivity index (χ0v) is 14.0. The molecule has 1 aliphatic rings. The van der Waals surface area contributed by atoms with E-state index in [-0.39, 0.29) is 0 Å². The second-order valence-electron chi connectivity index (χ2n) is 6.95. The average Bonchev–Trinajstić information content (AvgIpc) is 2.64. The Balaban J connectivity index is 2.34. The molecule has 0 radical (unpaired) electrons. The van der Waals surface area contributed by atoms with Crippen molar-refractivity contribution in [2.24, 2.45) is 0 Å². The molecule has 20 heavy (non-hydrogen) atoms. The third-order valence-corrected chi connectivity index (χ3v) is 5.16. The molecule has 0 fully saturated rings. The first-order chi connectivity index (χ1) is 9.37. The van der Waals surface area contributed by atoms with Crippen molar-refractivity contribution in [3.8, 4) is 11.1 Å². The van der Waals surface area contributed by atoms with Crippen LogP contribution >= 0.6 is 0 Å². The molecule has 0 amide bonds. The minimum atomic E-state index is -1.25. The number of aryl methyl sites for hydroxylation is 2. The topological polar surface area (TPSA) is 0 Å². The minimum absolute atomic E-state index is 1.25. The van der Waals surface area contributed by atoms with Gasteiger partial charge in [-0.1, -0.05) is 61.7 Å². The van der Waals surface area contributed by atoms with Gasteiger partial charge in [-0.2, -0.15) is 0 Å². The van der Waals surface area contributed by atoms with Crippen LogP contribution in [0.15, 0.2) is 42.1 Å². The molecule has 0 N–H and O–H groups in total. The molecule has 1 aliphatic carbocycles. The predicted molar refractivity (Wildman–Crippen MR) is 91.8 cm³/mol. The monoisotopic (exact) mass is 278 g/mol. The van der Waals surface area contributed by atoms with E-state index in [2.05, 4.69) is 75.6 Å². The number of fused-ring (bicyclic) bond motifs is 3. The largest absolute Gasteiger partial charge is 0.0867 e. The first kappa shape index (κ1) is 13.4. The molecule has 0 saturated heterocycles. The lowest BCUT2D eigenvalue weighted by Crippen LogP contribution is -2.16. The maximum atomic E-state index is 2.55. The normalized spacial score (nSPS) is 15.3. The fourth-order valence-corrected chi connectivity index (χ4v) is 4.13. The van der Waals surface area contributed by atoms with Crippen molar-refractivity contribution in [1.29, 1.82) is 0 Å². The minimum Gasteiger partial charge on any atom is -0.0867 e. The van der Waals surface area contributed by atoms with Crippen molar-refractivity contribution in [1.82, 2.24) is 0 Å². The van der Waals surface area contributed by atoms with E-state index in [0.29, 0.717) is 0 Å². The second kappa shape index (κ2) is 4.46. The maximum absolute atomic E-state index is 2.55. The van der Waals surface area contributed by atoms with Gasteiger partial charge >= 0.3 is 0 Å². The first-order valence-corrected chi connectivity index (χ1v) is 10.9. The predicted octanol–water partition coefficient (Wildman–Crippen LogP) is 5.59. The van der Waals surface area contributed by atoms with Crippen LogP contribution in [0.2, 0.25) is 19.6 Å². The van der Waals surface area contributed by atoms with Gasteiger partial charge in [0, 0.05) is 0 Å². The molecule has 1 heteroatoms. The smallest absolute Gasteiger partial charge is 0.0695 e. The lowest BCUT2D eigenvalue weighted by atomic mass is 9.99. The Kier molecular flexibility index (Phi) is 2.98. The van der Waals surface area contributed by atoms with Gasteiger partial charge in [0.2, 0.25) is 0 Å². The molecule has 0 heterocycles. The van der Waals surface area contributed by atoms with Gasteiger partial charge in [-0.05, 0) is 52.8 Å². The van der Waals surface area contributed by atoms with E-state index in [0.717, 1.165) is 0 Å². The number of hydrogen-bond acceptors (Lipinski definition) is 0. The molecule has 0 saturated carbocycles. The van der Waals surface area contributed by atoms with Crippen molar-refractivity contribution >= 4 is 13.6 Å². The van der Waals surface area contributed by atoms with Crippen LogP contribution in [0, 0.1) is 13.8 Å². The Morgan fingerprint density at radius 3 is 1.90 bits per heavy atom. The quantitative estimate of drug-likeness (QED) is 0.509. The van der Waals surface area contributed by atoms with Crippen LogP contribution in [-0.2, 0) is 0 Å². The summed E-state index contributed by atoms with van der Waals surface area (Å²) in [6.07, 6.45) is 0. The molecule has 0 nitrogen and oxygen atoms in total. The van der Waals surface area contributed by atoms with Crippen LogP contribution < -0.4 is 0 Å². The summed E-state index contributed by atoms with van der Waals surface area (Å²) < 4.78 is 0. The van der Waals surface area contributed by atoms with Gasteiger partial charge in [0.1, 0.15) is 0 Å². The summed E-state index contributed by atoms with van der Waals surface area (Å²) >= 11 is 0. The molecule has 0 aromatic heterocycles. The lowest BCUT2D eigenvalue weighted by molar-refractivity contribution is 1.34. The highest BCUT2D eigenvalue weighted by Gasteiger charge is 2.25. The fraction of sp³-hybridized carbons (Fsp3) is 0.263. The number of rotatable bonds is 1. The third-order valence-electron chi connectivity index (χ3n) is 4.01. The van der Waals surface area contributed by atoms with Crippen LogP contribution in [-0.4, -0.2) is 8.07 Å². The van der Waals surface area contributed by atoms with E-state index in [1.165, 1.54) is 39.0 Å². The van der Waals surface area contributed by atoms with E-state index in [1.54, 1.807) is 0 Å². The van der Waals surface area contributed by atoms with E-state index >= 15 is 0 Å². The lowest BCUT2D eigenvalue weighted by Gasteiger charge is -2.13. The molecule has 0 bridgehead atoms. The van der Waals surface area contributed by atoms with Crippen LogP contribution in [0.5, 0.6) is 0 Å². The van der Waals surface area contributed by atoms with Gasteiger partial charge in [0.05, 0.1) is 8.07 Å². The van der Waals surface area contributed by atoms with Gasteiger partial charge in [0.25, 0.3) is 0 Å². The Bertz CT molecular complexity index is 715. The Morgan fingerprint density at radius 2 is 1.30 bits per heavy atom. The summed E-state index contributed by atoms with van der Waals surface area (Å²) in [6.45, 7) is 11.6. The zero-order chi connectivity index (χ0) is 14.5.